The first-order chi connectivity index (χ1) is 9.58. The fourth-order valence-corrected chi connectivity index (χ4v) is 1.84. The number of nitrogens with one attached hydrogen (secondary N) is 1. The van der Waals surface area contributed by atoms with Crippen molar-refractivity contribution in [3.05, 3.63) is 60.2 Å². The lowest BCUT2D eigenvalue weighted by molar-refractivity contribution is -0.124. The molecule has 0 aliphatic rings. The Morgan fingerprint density at radius 2 is 1.65 bits per heavy atom. The molecule has 0 bridgehead atoms. The summed E-state index contributed by atoms with van der Waals surface area (Å²) in [6.45, 7) is 0. The molecule has 0 aliphatic carbocycles. The molecule has 2 aromatic rings. The maximum Gasteiger partial charge on any atom is 0.257 e. The summed E-state index contributed by atoms with van der Waals surface area (Å²) in [6, 6.07) is 16.3. The molecule has 1 atom stereocenters. The van der Waals surface area contributed by atoms with Gasteiger partial charge in [0.15, 0.2) is 6.10 Å². The van der Waals surface area contributed by atoms with E-state index in [0.717, 1.165) is 5.69 Å². The first kappa shape index (κ1) is 14.1. The van der Waals surface area contributed by atoms with Crippen molar-refractivity contribution < 1.29 is 9.90 Å². The molecule has 0 fully saturated rings. The van der Waals surface area contributed by atoms with Gasteiger partial charge in [-0.25, -0.2) is 0 Å². The van der Waals surface area contributed by atoms with E-state index in [2.05, 4.69) is 5.32 Å². The highest BCUT2D eigenvalue weighted by molar-refractivity contribution is 5.94. The Bertz CT molecular complexity index is 565. The molecular formula is C16H18N2O2. The smallest absolute Gasteiger partial charge is 0.257 e. The maximum absolute atomic E-state index is 12.0. The zero-order valence-electron chi connectivity index (χ0n) is 11.6. The lowest BCUT2D eigenvalue weighted by atomic mass is 10.1. The predicted octanol–water partition coefficient (Wildman–Crippen LogP) is 2.42. The van der Waals surface area contributed by atoms with Crippen LogP contribution < -0.4 is 10.2 Å². The number of anilines is 2. The Kier molecular flexibility index (Phi) is 4.38. The molecule has 4 heteroatoms. The summed E-state index contributed by atoms with van der Waals surface area (Å²) in [5.41, 5.74) is 2.29. The van der Waals surface area contributed by atoms with Crippen LogP contribution in [0.1, 0.15) is 11.7 Å². The number of aliphatic hydroxyl groups excluding tert-OH is 1. The third-order valence-electron chi connectivity index (χ3n) is 3.01. The number of rotatable bonds is 4. The van der Waals surface area contributed by atoms with Crippen LogP contribution in [0.15, 0.2) is 54.6 Å². The molecule has 2 N–H and O–H groups in total. The number of hydrogen-bond acceptors (Lipinski definition) is 3. The van der Waals surface area contributed by atoms with E-state index in [1.165, 1.54) is 0 Å². The molecule has 0 aliphatic heterocycles. The van der Waals surface area contributed by atoms with Gasteiger partial charge in [0.05, 0.1) is 0 Å². The zero-order valence-corrected chi connectivity index (χ0v) is 11.6. The van der Waals surface area contributed by atoms with Crippen molar-refractivity contribution in [3.63, 3.8) is 0 Å². The lowest BCUT2D eigenvalue weighted by Gasteiger charge is -2.14. The van der Waals surface area contributed by atoms with Crippen molar-refractivity contribution >= 4 is 17.3 Å². The normalized spacial score (nSPS) is 11.8. The molecule has 2 aromatic carbocycles. The maximum atomic E-state index is 12.0. The molecule has 20 heavy (non-hydrogen) atoms. The molecule has 0 heterocycles. The van der Waals surface area contributed by atoms with E-state index in [9.17, 15) is 9.90 Å². The van der Waals surface area contributed by atoms with Crippen LogP contribution in [0.2, 0.25) is 0 Å². The molecular weight excluding hydrogens is 252 g/mol. The zero-order chi connectivity index (χ0) is 14.5. The second kappa shape index (κ2) is 6.21. The topological polar surface area (TPSA) is 52.6 Å². The Morgan fingerprint density at radius 3 is 2.20 bits per heavy atom. The predicted molar refractivity (Wildman–Crippen MR) is 80.8 cm³/mol. The molecule has 0 aromatic heterocycles. The van der Waals surface area contributed by atoms with Crippen molar-refractivity contribution in [3.8, 4) is 0 Å². The van der Waals surface area contributed by atoms with E-state index in [4.69, 9.17) is 0 Å². The average Bonchev–Trinajstić information content (AvgIpc) is 2.48. The van der Waals surface area contributed by atoms with Crippen LogP contribution in [0.5, 0.6) is 0 Å². The van der Waals surface area contributed by atoms with Crippen molar-refractivity contribution in [2.45, 2.75) is 6.10 Å². The Balaban J connectivity index is 2.04. The fraction of sp³-hybridized carbons (Fsp3) is 0.188. The van der Waals surface area contributed by atoms with E-state index in [-0.39, 0.29) is 0 Å². The van der Waals surface area contributed by atoms with E-state index < -0.39 is 12.0 Å². The molecule has 0 spiro atoms. The van der Waals surface area contributed by atoms with Crippen LogP contribution in [0.4, 0.5) is 11.4 Å². The van der Waals surface area contributed by atoms with Crippen LogP contribution >= 0.6 is 0 Å². The van der Waals surface area contributed by atoms with Crippen molar-refractivity contribution in [1.82, 2.24) is 0 Å². The summed E-state index contributed by atoms with van der Waals surface area (Å²) in [4.78, 5) is 13.9. The van der Waals surface area contributed by atoms with Gasteiger partial charge < -0.3 is 15.3 Å². The van der Waals surface area contributed by atoms with Crippen molar-refractivity contribution in [1.29, 1.82) is 0 Å². The largest absolute Gasteiger partial charge is 0.378 e. The number of carbonyl (C=O) groups excluding carboxylic acids is 1. The minimum Gasteiger partial charge on any atom is -0.378 e. The van der Waals surface area contributed by atoms with Crippen LogP contribution in [-0.4, -0.2) is 25.1 Å². The summed E-state index contributed by atoms with van der Waals surface area (Å²) in [6.07, 6.45) is -1.16. The van der Waals surface area contributed by atoms with Gasteiger partial charge in [-0.15, -0.1) is 0 Å². The second-order valence-corrected chi connectivity index (χ2v) is 4.74. The second-order valence-electron chi connectivity index (χ2n) is 4.74. The monoisotopic (exact) mass is 270 g/mol. The van der Waals surface area contributed by atoms with Crippen LogP contribution in [0.3, 0.4) is 0 Å². The van der Waals surface area contributed by atoms with Gasteiger partial charge in [0.25, 0.3) is 5.91 Å². The highest BCUT2D eigenvalue weighted by Crippen LogP contribution is 2.18. The van der Waals surface area contributed by atoms with Gasteiger partial charge in [-0.1, -0.05) is 30.3 Å². The SMILES string of the molecule is CN(C)c1ccc(NC(=O)C(O)c2ccccc2)cc1. The van der Waals surface area contributed by atoms with E-state index in [1.807, 2.05) is 49.3 Å². The highest BCUT2D eigenvalue weighted by Gasteiger charge is 2.16. The summed E-state index contributed by atoms with van der Waals surface area (Å²) in [5.74, 6) is -0.436. The van der Waals surface area contributed by atoms with Crippen LogP contribution in [-0.2, 0) is 4.79 Å². The number of amides is 1. The quantitative estimate of drug-likeness (QED) is 0.897. The molecule has 0 radical (unpaired) electrons. The van der Waals surface area contributed by atoms with Crippen LogP contribution in [0, 0.1) is 0 Å². The number of nitrogens with zero attached hydrogens (tertiary/aromatic N) is 1. The number of hydrogen-bond donors (Lipinski definition) is 2. The standard InChI is InChI=1S/C16H18N2O2/c1-18(2)14-10-8-13(9-11-14)17-16(20)15(19)12-6-4-3-5-7-12/h3-11,15,19H,1-2H3,(H,17,20). The molecule has 4 nitrogen and oxygen atoms in total. The number of carbonyl (C=O) groups is 1. The molecule has 104 valence electrons. The Hall–Kier alpha value is -2.33. The first-order valence-corrected chi connectivity index (χ1v) is 6.39. The summed E-state index contributed by atoms with van der Waals surface area (Å²) in [7, 11) is 3.90. The highest BCUT2D eigenvalue weighted by atomic mass is 16.3. The minimum atomic E-state index is -1.16. The van der Waals surface area contributed by atoms with Gasteiger partial charge in [-0.2, -0.15) is 0 Å². The van der Waals surface area contributed by atoms with Crippen molar-refractivity contribution in [2.75, 3.05) is 24.3 Å². The minimum absolute atomic E-state index is 0.436. The van der Waals surface area contributed by atoms with Gasteiger partial charge in [-0.05, 0) is 29.8 Å². The van der Waals surface area contributed by atoms with Crippen LogP contribution in [0.25, 0.3) is 0 Å². The van der Waals surface area contributed by atoms with Gasteiger partial charge in [0.1, 0.15) is 0 Å². The fourth-order valence-electron chi connectivity index (χ4n) is 1.84. The third kappa shape index (κ3) is 3.36. The molecule has 1 amide bonds. The lowest BCUT2D eigenvalue weighted by Crippen LogP contribution is -2.20. The molecule has 0 saturated carbocycles. The molecule has 2 rings (SSSR count). The van der Waals surface area contributed by atoms with Crippen molar-refractivity contribution in [2.24, 2.45) is 0 Å². The van der Waals surface area contributed by atoms with Gasteiger partial charge in [0.2, 0.25) is 0 Å². The summed E-state index contributed by atoms with van der Waals surface area (Å²) in [5, 5.41) is 12.7. The van der Waals surface area contributed by atoms with Gasteiger partial charge in [-0.3, -0.25) is 4.79 Å². The molecule has 1 unspecified atom stereocenters. The Morgan fingerprint density at radius 1 is 1.05 bits per heavy atom. The van der Waals surface area contributed by atoms with Gasteiger partial charge in [0, 0.05) is 25.5 Å². The van der Waals surface area contributed by atoms with E-state index in [1.54, 1.807) is 24.3 Å². The number of benzene rings is 2. The first-order valence-electron chi connectivity index (χ1n) is 6.39. The van der Waals surface area contributed by atoms with E-state index >= 15 is 0 Å². The Labute approximate surface area is 118 Å². The van der Waals surface area contributed by atoms with Gasteiger partial charge >= 0.3 is 0 Å². The summed E-state index contributed by atoms with van der Waals surface area (Å²) >= 11 is 0. The van der Waals surface area contributed by atoms with E-state index in [0.29, 0.717) is 11.3 Å². The molecule has 0 saturated heterocycles. The third-order valence-corrected chi connectivity index (χ3v) is 3.01. The summed E-state index contributed by atoms with van der Waals surface area (Å²) < 4.78 is 0. The average molecular weight is 270 g/mol. The number of aliphatic hydroxyl groups is 1.